The predicted octanol–water partition coefficient (Wildman–Crippen LogP) is 7.70. The zero-order valence-electron chi connectivity index (χ0n) is 26.6. The summed E-state index contributed by atoms with van der Waals surface area (Å²) in [5.74, 6) is 0.887. The Morgan fingerprint density at radius 1 is 0.702 bits per heavy atom. The molecule has 4 aromatic carbocycles. The largest absolute Gasteiger partial charge is 0.511 e. The summed E-state index contributed by atoms with van der Waals surface area (Å²) in [7, 11) is 4.06. The molecule has 7 heteroatoms. The number of aromatic nitrogens is 2. The molecular formula is C40H35IrN6-5. The van der Waals surface area contributed by atoms with Gasteiger partial charge in [0.15, 0.2) is 0 Å². The van der Waals surface area contributed by atoms with Gasteiger partial charge in [0.2, 0.25) is 0 Å². The van der Waals surface area contributed by atoms with Gasteiger partial charge < -0.3 is 24.2 Å². The molecule has 47 heavy (non-hydrogen) atoms. The van der Waals surface area contributed by atoms with E-state index in [1.165, 1.54) is 10.9 Å². The maximum atomic E-state index is 4.66. The third-order valence-electron chi connectivity index (χ3n) is 8.46. The van der Waals surface area contributed by atoms with Gasteiger partial charge in [-0.15, -0.1) is 22.1 Å². The molecule has 239 valence electrons. The van der Waals surface area contributed by atoms with E-state index in [4.69, 9.17) is 0 Å². The first-order valence-electron chi connectivity index (χ1n) is 15.4. The first kappa shape index (κ1) is 32.1. The molecular weight excluding hydrogens is 757 g/mol. The van der Waals surface area contributed by atoms with Crippen LogP contribution in [0.25, 0.3) is 27.6 Å². The van der Waals surface area contributed by atoms with E-state index in [0.717, 1.165) is 39.9 Å². The van der Waals surface area contributed by atoms with Crippen molar-refractivity contribution in [1.82, 2.24) is 29.2 Å². The van der Waals surface area contributed by atoms with Gasteiger partial charge in [0.25, 0.3) is 0 Å². The Balaban J connectivity index is 0.000000232. The topological polar surface area (TPSA) is 30.8 Å². The van der Waals surface area contributed by atoms with Gasteiger partial charge in [0.05, 0.1) is 0 Å². The molecule has 6 aromatic rings. The van der Waals surface area contributed by atoms with Gasteiger partial charge in [-0.3, -0.25) is 0 Å². The Hall–Kier alpha value is -4.84. The van der Waals surface area contributed by atoms with Crippen molar-refractivity contribution in [2.45, 2.75) is 19.0 Å². The number of benzene rings is 4. The molecule has 1 unspecified atom stereocenters. The Morgan fingerprint density at radius 3 is 2.13 bits per heavy atom. The van der Waals surface area contributed by atoms with E-state index >= 15 is 0 Å². The van der Waals surface area contributed by atoms with Crippen molar-refractivity contribution in [3.05, 3.63) is 182 Å². The predicted molar refractivity (Wildman–Crippen MR) is 184 cm³/mol. The van der Waals surface area contributed by atoms with Crippen molar-refractivity contribution in [1.29, 1.82) is 0 Å². The third kappa shape index (κ3) is 6.42. The molecule has 2 aromatic heterocycles. The van der Waals surface area contributed by atoms with E-state index in [0.29, 0.717) is 0 Å². The first-order chi connectivity index (χ1) is 22.5. The molecule has 0 amide bonds. The molecule has 2 aliphatic rings. The molecule has 0 aliphatic carbocycles. The van der Waals surface area contributed by atoms with Gasteiger partial charge >= 0.3 is 0 Å². The Bertz CT molecular complexity index is 1990. The van der Waals surface area contributed by atoms with E-state index in [1.54, 1.807) is 0 Å². The average molecular weight is 792 g/mol. The standard InChI is InChI=1S/C29H23N4.C11H12N2.Ir/c1-29(22-10-4-3-5-11-22,32-19-18-31(2)21-32)23-15-16-25-24-12-6-7-13-26(24)33(27(25)20-23)28-14-8-9-17-30-28;1-12-7-8-13(10-12)9-11-5-3-2-4-6-11;/h3-10,12-19,21H,1-2H3;2-5,7-8,10H,9H2,1H3;/q-3;-2;. The van der Waals surface area contributed by atoms with Crippen LogP contribution < -0.4 is 0 Å². The van der Waals surface area contributed by atoms with Gasteiger partial charge in [-0.1, -0.05) is 29.8 Å². The van der Waals surface area contributed by atoms with Crippen LogP contribution in [-0.4, -0.2) is 43.2 Å². The maximum absolute atomic E-state index is 4.66. The van der Waals surface area contributed by atoms with Crippen LogP contribution >= 0.6 is 0 Å². The second-order valence-corrected chi connectivity index (χ2v) is 11.6. The van der Waals surface area contributed by atoms with Crippen LogP contribution in [0.15, 0.2) is 134 Å². The number of pyridine rings is 1. The Labute approximate surface area is 291 Å². The van der Waals surface area contributed by atoms with Crippen molar-refractivity contribution >= 4 is 21.8 Å². The number of hydrogen-bond acceptors (Lipinski definition) is 5. The van der Waals surface area contributed by atoms with Crippen molar-refractivity contribution in [2.75, 3.05) is 14.1 Å². The quantitative estimate of drug-likeness (QED) is 0.162. The van der Waals surface area contributed by atoms with E-state index in [-0.39, 0.29) is 20.1 Å². The van der Waals surface area contributed by atoms with Crippen molar-refractivity contribution < 1.29 is 20.1 Å². The monoisotopic (exact) mass is 792 g/mol. The second-order valence-electron chi connectivity index (χ2n) is 11.6. The maximum Gasteiger partial charge on any atom is 0.135 e. The number of para-hydroxylation sites is 1. The molecule has 0 saturated heterocycles. The molecule has 4 heterocycles. The molecule has 8 rings (SSSR count). The zero-order valence-corrected chi connectivity index (χ0v) is 29.0. The molecule has 0 N–H and O–H groups in total. The van der Waals surface area contributed by atoms with Gasteiger partial charge in [-0.05, 0) is 75.9 Å². The number of nitrogens with zero attached hydrogens (tertiary/aromatic N) is 6. The van der Waals surface area contributed by atoms with Crippen LogP contribution in [0.2, 0.25) is 0 Å². The molecule has 1 atom stereocenters. The van der Waals surface area contributed by atoms with Gasteiger partial charge in [-0.2, -0.15) is 92.2 Å². The molecule has 6 nitrogen and oxygen atoms in total. The Kier molecular flexibility index (Phi) is 9.48. The van der Waals surface area contributed by atoms with Crippen LogP contribution in [-0.2, 0) is 32.2 Å². The SMILES string of the molecule is CN1C=CN(C(C)(c2[c-]cccc2)c2[c-]c3c(cc2)c2ccccc2n3-c2ccccn2)[CH-]1.CN1C=CN(Cc2[c-]cccc2)[CH-]1.[Ir]. The van der Waals surface area contributed by atoms with Crippen molar-refractivity contribution in [3.63, 3.8) is 0 Å². The van der Waals surface area contributed by atoms with Crippen molar-refractivity contribution in [2.24, 2.45) is 0 Å². The molecule has 2 aliphatic heterocycles. The fraction of sp³-hybridized carbons (Fsp3) is 0.125. The normalized spacial score (nSPS) is 15.1. The summed E-state index contributed by atoms with van der Waals surface area (Å²) in [6, 6.07) is 45.6. The fourth-order valence-corrected chi connectivity index (χ4v) is 6.06. The summed E-state index contributed by atoms with van der Waals surface area (Å²) in [5.41, 5.74) is 5.01. The number of fused-ring (bicyclic) bond motifs is 3. The van der Waals surface area contributed by atoms with Gasteiger partial charge in [0.1, 0.15) is 5.82 Å². The molecule has 0 fully saturated rings. The first-order valence-corrected chi connectivity index (χ1v) is 15.4. The summed E-state index contributed by atoms with van der Waals surface area (Å²) < 4.78 is 2.21. The summed E-state index contributed by atoms with van der Waals surface area (Å²) in [6.07, 6.45) is 10.1. The molecule has 1 radical (unpaired) electrons. The molecule has 0 bridgehead atoms. The minimum atomic E-state index is -0.484. The smallest absolute Gasteiger partial charge is 0.135 e. The molecule has 0 spiro atoms. The third-order valence-corrected chi connectivity index (χ3v) is 8.46. The van der Waals surface area contributed by atoms with Crippen molar-refractivity contribution in [3.8, 4) is 5.82 Å². The van der Waals surface area contributed by atoms with Crippen LogP contribution in [0, 0.1) is 31.5 Å². The van der Waals surface area contributed by atoms with Crippen LogP contribution in [0.1, 0.15) is 23.6 Å². The summed E-state index contributed by atoms with van der Waals surface area (Å²) in [4.78, 5) is 13.1. The van der Waals surface area contributed by atoms with E-state index in [2.05, 4.69) is 136 Å². The minimum absolute atomic E-state index is 0. The zero-order chi connectivity index (χ0) is 31.5. The van der Waals surface area contributed by atoms with Crippen LogP contribution in [0.4, 0.5) is 0 Å². The van der Waals surface area contributed by atoms with E-state index in [1.807, 2.05) is 79.9 Å². The molecule has 0 saturated carbocycles. The number of rotatable bonds is 6. The second kappa shape index (κ2) is 13.9. The number of hydrogen-bond donors (Lipinski definition) is 0. The van der Waals surface area contributed by atoms with Crippen LogP contribution in [0.5, 0.6) is 0 Å². The Morgan fingerprint density at radius 2 is 1.45 bits per heavy atom. The van der Waals surface area contributed by atoms with Crippen LogP contribution in [0.3, 0.4) is 0 Å². The van der Waals surface area contributed by atoms with E-state index in [9.17, 15) is 0 Å². The fourth-order valence-electron chi connectivity index (χ4n) is 6.06. The van der Waals surface area contributed by atoms with Gasteiger partial charge in [0, 0.05) is 37.4 Å². The minimum Gasteiger partial charge on any atom is -0.511 e. The summed E-state index contributed by atoms with van der Waals surface area (Å²) in [5, 5.41) is 2.36. The van der Waals surface area contributed by atoms with Gasteiger partial charge in [-0.25, -0.2) is 4.98 Å². The van der Waals surface area contributed by atoms with E-state index < -0.39 is 5.54 Å². The summed E-state index contributed by atoms with van der Waals surface area (Å²) in [6.45, 7) is 7.28. The average Bonchev–Trinajstić information content (AvgIpc) is 3.82. The summed E-state index contributed by atoms with van der Waals surface area (Å²) >= 11 is 0.